The smallest absolute Gasteiger partial charge is 0.408 e. The van der Waals surface area contributed by atoms with Crippen LogP contribution in [0.2, 0.25) is 5.02 Å². The molecular formula is C27H29ClN4O4S. The highest BCUT2D eigenvalue weighted by Gasteiger charge is 2.36. The molecule has 0 saturated carbocycles. The van der Waals surface area contributed by atoms with Crippen LogP contribution >= 0.6 is 24.2 Å². The Morgan fingerprint density at radius 2 is 1.84 bits per heavy atom. The Bertz CT molecular complexity index is 1210. The number of para-hydroxylation sites is 1. The number of nitriles is 1. The second kappa shape index (κ2) is 13.0. The number of carbonyl (C=O) groups is 3. The summed E-state index contributed by atoms with van der Waals surface area (Å²) in [4.78, 5) is 40.7. The van der Waals surface area contributed by atoms with Crippen molar-refractivity contribution in [2.75, 3.05) is 17.6 Å². The maximum absolute atomic E-state index is 13.7. The number of carbonyl (C=O) groups excluding carboxylic acids is 3. The van der Waals surface area contributed by atoms with Gasteiger partial charge in [-0.05, 0) is 57.0 Å². The van der Waals surface area contributed by atoms with Gasteiger partial charge >= 0.3 is 6.09 Å². The highest BCUT2D eigenvalue weighted by atomic mass is 35.5. The molecule has 0 heterocycles. The van der Waals surface area contributed by atoms with Gasteiger partial charge in [-0.1, -0.05) is 41.8 Å². The first-order valence-electron chi connectivity index (χ1n) is 11.3. The van der Waals surface area contributed by atoms with Crippen molar-refractivity contribution < 1.29 is 19.1 Å². The number of aryl methyl sites for hydroxylation is 1. The molecule has 0 aromatic heterocycles. The van der Waals surface area contributed by atoms with Crippen molar-refractivity contribution in [1.82, 2.24) is 10.2 Å². The molecule has 0 saturated heterocycles. The molecule has 8 nitrogen and oxygen atoms in total. The average Bonchev–Trinajstić information content (AvgIpc) is 2.83. The summed E-state index contributed by atoms with van der Waals surface area (Å²) in [5, 5.41) is 15.1. The van der Waals surface area contributed by atoms with E-state index in [1.165, 1.54) is 0 Å². The molecule has 0 bridgehead atoms. The number of nitrogens with zero attached hydrogens (tertiary/aromatic N) is 2. The molecule has 0 radical (unpaired) electrons. The van der Waals surface area contributed by atoms with E-state index in [4.69, 9.17) is 22.8 Å². The number of terminal acetylenes is 1. The molecule has 10 heteroatoms. The number of hydrogen-bond acceptors (Lipinski definition) is 6. The molecule has 2 unspecified atom stereocenters. The lowest BCUT2D eigenvalue weighted by Crippen LogP contribution is -2.53. The second-order valence-electron chi connectivity index (χ2n) is 9.10. The van der Waals surface area contributed by atoms with Crippen molar-refractivity contribution in [3.8, 4) is 18.4 Å². The fourth-order valence-corrected chi connectivity index (χ4v) is 3.94. The fraction of sp³-hybridized carbons (Fsp3) is 0.333. The Labute approximate surface area is 227 Å². The molecule has 2 N–H and O–H groups in total. The largest absolute Gasteiger partial charge is 0.444 e. The first-order chi connectivity index (χ1) is 17.4. The van der Waals surface area contributed by atoms with Gasteiger partial charge in [0.1, 0.15) is 24.2 Å². The molecule has 37 heavy (non-hydrogen) atoms. The van der Waals surface area contributed by atoms with Gasteiger partial charge in [-0.3, -0.25) is 9.59 Å². The Hall–Kier alpha value is -3.66. The fourth-order valence-electron chi connectivity index (χ4n) is 3.42. The minimum atomic E-state index is -1.25. The summed E-state index contributed by atoms with van der Waals surface area (Å²) in [5.41, 5.74) is 1.26. The van der Waals surface area contributed by atoms with E-state index < -0.39 is 42.1 Å². The van der Waals surface area contributed by atoms with Crippen LogP contribution in [0.25, 0.3) is 0 Å². The van der Waals surface area contributed by atoms with Crippen LogP contribution in [0.1, 0.15) is 43.5 Å². The van der Waals surface area contributed by atoms with Gasteiger partial charge in [-0.15, -0.1) is 6.42 Å². The van der Waals surface area contributed by atoms with Crippen LogP contribution in [0.5, 0.6) is 0 Å². The molecular weight excluding hydrogens is 512 g/mol. The van der Waals surface area contributed by atoms with Gasteiger partial charge in [0.05, 0.1) is 16.8 Å². The molecule has 3 amide bonds. The minimum absolute atomic E-state index is 0.103. The third-order valence-electron chi connectivity index (χ3n) is 5.12. The molecule has 0 aliphatic heterocycles. The van der Waals surface area contributed by atoms with Crippen LogP contribution in [0.15, 0.2) is 42.5 Å². The van der Waals surface area contributed by atoms with Crippen molar-refractivity contribution >= 4 is 47.8 Å². The quantitative estimate of drug-likeness (QED) is 0.259. The topological polar surface area (TPSA) is 112 Å². The number of halogens is 1. The number of alkyl carbamates (subject to hydrolysis) is 1. The van der Waals surface area contributed by atoms with Crippen LogP contribution in [-0.2, 0) is 14.3 Å². The lowest BCUT2D eigenvalue weighted by atomic mass is 10.0. The minimum Gasteiger partial charge on any atom is -0.444 e. The summed E-state index contributed by atoms with van der Waals surface area (Å²) < 4.78 is 5.25. The number of amides is 3. The molecule has 0 spiro atoms. The predicted molar refractivity (Wildman–Crippen MR) is 146 cm³/mol. The Morgan fingerprint density at radius 3 is 2.35 bits per heavy atom. The maximum Gasteiger partial charge on any atom is 0.408 e. The summed E-state index contributed by atoms with van der Waals surface area (Å²) in [6.07, 6.45) is 4.63. The summed E-state index contributed by atoms with van der Waals surface area (Å²) in [7, 11) is 0. The van der Waals surface area contributed by atoms with E-state index in [0.717, 1.165) is 4.90 Å². The monoisotopic (exact) mass is 540 g/mol. The first kappa shape index (κ1) is 29.6. The van der Waals surface area contributed by atoms with E-state index in [0.29, 0.717) is 27.4 Å². The van der Waals surface area contributed by atoms with E-state index in [2.05, 4.69) is 29.2 Å². The van der Waals surface area contributed by atoms with Crippen molar-refractivity contribution in [2.24, 2.45) is 0 Å². The van der Waals surface area contributed by atoms with Gasteiger partial charge in [0.15, 0.2) is 0 Å². The summed E-state index contributed by atoms with van der Waals surface area (Å²) in [5.74, 6) is 1.09. The Balaban J connectivity index is 2.51. The zero-order valence-corrected chi connectivity index (χ0v) is 22.7. The number of benzene rings is 2. The standard InChI is InChI=1S/C27H29ClN4O4S/c1-6-18-10-12-19(13-11-18)23(24(33)31-22-17(2)8-7-9-20(22)28)32(15-14-29)25(34)21(16-37)30-26(35)36-27(3,4)5/h1,7-13,21,23,37H,15-16H2,2-5H3,(H,30,35)(H,31,33). The highest BCUT2D eigenvalue weighted by molar-refractivity contribution is 7.80. The van der Waals surface area contributed by atoms with Gasteiger partial charge in [-0.25, -0.2) is 4.79 Å². The number of anilines is 1. The summed E-state index contributed by atoms with van der Waals surface area (Å²) in [6, 6.07) is 11.1. The van der Waals surface area contributed by atoms with Gasteiger partial charge in [-0.2, -0.15) is 17.9 Å². The molecule has 2 rings (SSSR count). The molecule has 0 fully saturated rings. The molecule has 2 aromatic carbocycles. The molecule has 0 aliphatic rings. The van der Waals surface area contributed by atoms with Gasteiger partial charge in [0.2, 0.25) is 5.91 Å². The van der Waals surface area contributed by atoms with Crippen LogP contribution in [0.3, 0.4) is 0 Å². The van der Waals surface area contributed by atoms with Crippen LogP contribution < -0.4 is 10.6 Å². The summed E-state index contributed by atoms with van der Waals surface area (Å²) in [6.45, 7) is 6.38. The summed E-state index contributed by atoms with van der Waals surface area (Å²) >= 11 is 10.5. The van der Waals surface area contributed by atoms with E-state index in [9.17, 15) is 19.6 Å². The number of nitrogens with one attached hydrogen (secondary N) is 2. The van der Waals surface area contributed by atoms with Crippen molar-refractivity contribution in [2.45, 2.75) is 45.4 Å². The second-order valence-corrected chi connectivity index (χ2v) is 9.87. The molecule has 2 atom stereocenters. The van der Waals surface area contributed by atoms with E-state index in [1.54, 1.807) is 70.2 Å². The van der Waals surface area contributed by atoms with Gasteiger partial charge < -0.3 is 20.3 Å². The van der Waals surface area contributed by atoms with E-state index in [-0.39, 0.29) is 5.75 Å². The Kier molecular flexibility index (Phi) is 10.4. The lowest BCUT2D eigenvalue weighted by Gasteiger charge is -2.32. The van der Waals surface area contributed by atoms with Crippen LogP contribution in [0, 0.1) is 30.6 Å². The highest BCUT2D eigenvalue weighted by Crippen LogP contribution is 2.29. The zero-order chi connectivity index (χ0) is 27.8. The van der Waals surface area contributed by atoms with Crippen molar-refractivity contribution in [1.29, 1.82) is 5.26 Å². The number of ether oxygens (including phenoxy) is 1. The van der Waals surface area contributed by atoms with Crippen molar-refractivity contribution in [3.63, 3.8) is 0 Å². The number of thiol groups is 1. The van der Waals surface area contributed by atoms with Crippen LogP contribution in [-0.4, -0.2) is 46.7 Å². The third kappa shape index (κ3) is 8.18. The van der Waals surface area contributed by atoms with Crippen LogP contribution in [0.4, 0.5) is 10.5 Å². The van der Waals surface area contributed by atoms with E-state index in [1.807, 2.05) is 6.07 Å². The molecule has 2 aromatic rings. The van der Waals surface area contributed by atoms with Gasteiger partial charge in [0, 0.05) is 11.3 Å². The SMILES string of the molecule is C#Cc1ccc(C(C(=O)Nc2c(C)cccc2Cl)N(CC#N)C(=O)C(CS)NC(=O)OC(C)(C)C)cc1. The Morgan fingerprint density at radius 1 is 1.19 bits per heavy atom. The zero-order valence-electron chi connectivity index (χ0n) is 21.0. The van der Waals surface area contributed by atoms with Gasteiger partial charge in [0.25, 0.3) is 5.91 Å². The lowest BCUT2D eigenvalue weighted by molar-refractivity contribution is -0.139. The van der Waals surface area contributed by atoms with Crippen molar-refractivity contribution in [3.05, 3.63) is 64.2 Å². The number of hydrogen-bond donors (Lipinski definition) is 3. The third-order valence-corrected chi connectivity index (χ3v) is 5.80. The number of rotatable bonds is 8. The first-order valence-corrected chi connectivity index (χ1v) is 12.3. The molecule has 0 aliphatic carbocycles. The average molecular weight is 541 g/mol. The maximum atomic E-state index is 13.7. The molecule has 194 valence electrons. The normalized spacial score (nSPS) is 12.3. The predicted octanol–water partition coefficient (Wildman–Crippen LogP) is 4.48. The van der Waals surface area contributed by atoms with E-state index >= 15 is 0 Å².